The molecule has 1 N–H and O–H groups in total. The van der Waals surface area contributed by atoms with Gasteiger partial charge in [-0.15, -0.1) is 0 Å². The Bertz CT molecular complexity index is 1020. The fraction of sp³-hybridized carbons (Fsp3) is 0.435. The predicted octanol–water partition coefficient (Wildman–Crippen LogP) is 4.17. The number of carbonyl (C=O) groups excluding carboxylic acids is 2. The molecule has 1 aliphatic heterocycles. The van der Waals surface area contributed by atoms with Crippen LogP contribution in [0.5, 0.6) is 0 Å². The highest BCUT2D eigenvalue weighted by Gasteiger charge is 2.34. The second kappa shape index (κ2) is 9.99. The van der Waals surface area contributed by atoms with Crippen LogP contribution in [-0.4, -0.2) is 53.9 Å². The summed E-state index contributed by atoms with van der Waals surface area (Å²) >= 11 is 6.06. The SMILES string of the molecule is Cc1ccccc1C(=O)NC(C(=O)N1CCN(c2ncc(C(F)(F)F)cc2Cl)CC1)C(C)C. The molecular weight excluding hydrogens is 457 g/mol. The molecule has 1 unspecified atom stereocenters. The van der Waals surface area contributed by atoms with Crippen LogP contribution in [0, 0.1) is 12.8 Å². The van der Waals surface area contributed by atoms with E-state index in [9.17, 15) is 22.8 Å². The largest absolute Gasteiger partial charge is 0.417 e. The zero-order valence-corrected chi connectivity index (χ0v) is 19.4. The van der Waals surface area contributed by atoms with Gasteiger partial charge in [0.25, 0.3) is 5.91 Å². The lowest BCUT2D eigenvalue weighted by molar-refractivity contribution is -0.138. The van der Waals surface area contributed by atoms with Gasteiger partial charge in [0.15, 0.2) is 0 Å². The third-order valence-electron chi connectivity index (χ3n) is 5.65. The number of carbonyl (C=O) groups is 2. The third-order valence-corrected chi connectivity index (χ3v) is 5.93. The van der Waals surface area contributed by atoms with Crippen molar-refractivity contribution in [2.75, 3.05) is 31.1 Å². The molecule has 0 bridgehead atoms. The number of alkyl halides is 3. The van der Waals surface area contributed by atoms with Crippen LogP contribution in [0.15, 0.2) is 36.5 Å². The number of rotatable bonds is 5. The van der Waals surface area contributed by atoms with Gasteiger partial charge in [-0.1, -0.05) is 43.6 Å². The topological polar surface area (TPSA) is 65.5 Å². The first-order chi connectivity index (χ1) is 15.5. The molecule has 0 spiro atoms. The molecule has 33 heavy (non-hydrogen) atoms. The summed E-state index contributed by atoms with van der Waals surface area (Å²) in [6.07, 6.45) is -3.76. The van der Waals surface area contributed by atoms with Crippen LogP contribution in [0.25, 0.3) is 0 Å². The maximum atomic E-state index is 13.2. The van der Waals surface area contributed by atoms with Gasteiger partial charge in [0.2, 0.25) is 5.91 Å². The zero-order valence-electron chi connectivity index (χ0n) is 18.6. The first-order valence-corrected chi connectivity index (χ1v) is 11.0. The van der Waals surface area contributed by atoms with Crippen molar-refractivity contribution < 1.29 is 22.8 Å². The lowest BCUT2D eigenvalue weighted by atomic mass is 10.0. The van der Waals surface area contributed by atoms with E-state index in [1.165, 1.54) is 0 Å². The van der Waals surface area contributed by atoms with Gasteiger partial charge in [-0.25, -0.2) is 4.98 Å². The maximum absolute atomic E-state index is 13.2. The average molecular weight is 483 g/mol. The van der Waals surface area contributed by atoms with Gasteiger partial charge in [-0.05, 0) is 30.5 Å². The van der Waals surface area contributed by atoms with Crippen molar-refractivity contribution in [3.8, 4) is 0 Å². The van der Waals surface area contributed by atoms with Crippen LogP contribution in [0.1, 0.15) is 35.3 Å². The number of aryl methyl sites for hydroxylation is 1. The molecule has 1 atom stereocenters. The molecular formula is C23H26ClF3N4O2. The predicted molar refractivity (Wildman–Crippen MR) is 120 cm³/mol. The van der Waals surface area contributed by atoms with Crippen LogP contribution >= 0.6 is 11.6 Å². The van der Waals surface area contributed by atoms with Crippen LogP contribution < -0.4 is 10.2 Å². The summed E-state index contributed by atoms with van der Waals surface area (Å²) < 4.78 is 38.6. The summed E-state index contributed by atoms with van der Waals surface area (Å²) in [4.78, 5) is 33.2. The summed E-state index contributed by atoms with van der Waals surface area (Å²) in [5, 5.41) is 2.77. The highest BCUT2D eigenvalue weighted by Crippen LogP contribution is 2.33. The van der Waals surface area contributed by atoms with E-state index >= 15 is 0 Å². The molecule has 0 radical (unpaired) electrons. The Hall–Kier alpha value is -2.81. The van der Waals surface area contributed by atoms with Gasteiger partial charge in [-0.2, -0.15) is 13.2 Å². The highest BCUT2D eigenvalue weighted by atomic mass is 35.5. The molecule has 10 heteroatoms. The van der Waals surface area contributed by atoms with Crippen molar-refractivity contribution in [3.63, 3.8) is 0 Å². The van der Waals surface area contributed by atoms with Crippen molar-refractivity contribution in [3.05, 3.63) is 58.2 Å². The molecule has 3 rings (SSSR count). The monoisotopic (exact) mass is 482 g/mol. The maximum Gasteiger partial charge on any atom is 0.417 e. The number of benzene rings is 1. The van der Waals surface area contributed by atoms with E-state index in [4.69, 9.17) is 11.6 Å². The molecule has 6 nitrogen and oxygen atoms in total. The Labute approximate surface area is 195 Å². The van der Waals surface area contributed by atoms with Gasteiger partial charge in [-0.3, -0.25) is 9.59 Å². The highest BCUT2D eigenvalue weighted by molar-refractivity contribution is 6.33. The number of halogens is 4. The van der Waals surface area contributed by atoms with Crippen molar-refractivity contribution in [2.45, 2.75) is 33.0 Å². The average Bonchev–Trinajstić information content (AvgIpc) is 2.76. The van der Waals surface area contributed by atoms with E-state index in [1.54, 1.807) is 21.9 Å². The van der Waals surface area contributed by atoms with Crippen LogP contribution in [-0.2, 0) is 11.0 Å². The Kier molecular flexibility index (Phi) is 7.51. The lowest BCUT2D eigenvalue weighted by Crippen LogP contribution is -2.56. The minimum Gasteiger partial charge on any atom is -0.352 e. The minimum atomic E-state index is -4.52. The standard InChI is InChI=1S/C23H26ClF3N4O2/c1-14(2)19(29-21(32)17-7-5-4-6-15(17)3)22(33)31-10-8-30(9-11-31)20-18(24)12-16(13-28-20)23(25,26)27/h4-7,12-14,19H,8-11H2,1-3H3,(H,29,32). The fourth-order valence-corrected chi connectivity index (χ4v) is 4.00. The normalized spacial score (nSPS) is 15.5. The van der Waals surface area contributed by atoms with Crippen LogP contribution in [0.4, 0.5) is 19.0 Å². The smallest absolute Gasteiger partial charge is 0.352 e. The van der Waals surface area contributed by atoms with E-state index in [0.717, 1.165) is 17.8 Å². The molecule has 178 valence electrons. The molecule has 2 amide bonds. The molecule has 0 saturated carbocycles. The molecule has 1 aromatic carbocycles. The number of amides is 2. The number of anilines is 1. The number of nitrogens with one attached hydrogen (secondary N) is 1. The van der Waals surface area contributed by atoms with E-state index in [2.05, 4.69) is 10.3 Å². The van der Waals surface area contributed by atoms with E-state index in [-0.39, 0.29) is 28.6 Å². The summed E-state index contributed by atoms with van der Waals surface area (Å²) in [6, 6.07) is 7.32. The van der Waals surface area contributed by atoms with Gasteiger partial charge in [0, 0.05) is 37.9 Å². The summed E-state index contributed by atoms with van der Waals surface area (Å²) in [7, 11) is 0. The molecule has 1 saturated heterocycles. The third kappa shape index (κ3) is 5.76. The first kappa shape index (κ1) is 24.8. The van der Waals surface area contributed by atoms with E-state index in [0.29, 0.717) is 31.7 Å². The minimum absolute atomic E-state index is 0.0878. The lowest BCUT2D eigenvalue weighted by Gasteiger charge is -2.38. The molecule has 1 aliphatic rings. The number of nitrogens with zero attached hydrogens (tertiary/aromatic N) is 3. The Morgan fingerprint density at radius 2 is 1.76 bits per heavy atom. The van der Waals surface area contributed by atoms with E-state index in [1.807, 2.05) is 32.9 Å². The molecule has 1 aromatic heterocycles. The van der Waals surface area contributed by atoms with Crippen LogP contribution in [0.3, 0.4) is 0 Å². The first-order valence-electron chi connectivity index (χ1n) is 10.6. The van der Waals surface area contributed by atoms with Crippen molar-refractivity contribution in [1.29, 1.82) is 0 Å². The van der Waals surface area contributed by atoms with Gasteiger partial charge < -0.3 is 15.1 Å². The van der Waals surface area contributed by atoms with E-state index < -0.39 is 17.8 Å². The van der Waals surface area contributed by atoms with Gasteiger partial charge in [0.05, 0.1) is 10.6 Å². The number of hydrogen-bond donors (Lipinski definition) is 1. The zero-order chi connectivity index (χ0) is 24.3. The van der Waals surface area contributed by atoms with Crippen molar-refractivity contribution >= 4 is 29.2 Å². The second-order valence-electron chi connectivity index (χ2n) is 8.35. The Morgan fingerprint density at radius 1 is 1.12 bits per heavy atom. The molecule has 2 heterocycles. The number of aromatic nitrogens is 1. The molecule has 2 aromatic rings. The summed E-state index contributed by atoms with van der Waals surface area (Å²) in [6.45, 7) is 6.95. The Balaban J connectivity index is 1.66. The molecule has 1 fully saturated rings. The fourth-order valence-electron chi connectivity index (χ4n) is 3.71. The quantitative estimate of drug-likeness (QED) is 0.695. The second-order valence-corrected chi connectivity index (χ2v) is 8.76. The summed E-state index contributed by atoms with van der Waals surface area (Å²) in [5.74, 6) is -0.378. The summed E-state index contributed by atoms with van der Waals surface area (Å²) in [5.41, 5.74) is 0.428. The van der Waals surface area contributed by atoms with Crippen molar-refractivity contribution in [1.82, 2.24) is 15.2 Å². The number of hydrogen-bond acceptors (Lipinski definition) is 4. The van der Waals surface area contributed by atoms with Gasteiger partial charge >= 0.3 is 6.18 Å². The van der Waals surface area contributed by atoms with Crippen molar-refractivity contribution in [2.24, 2.45) is 5.92 Å². The number of piperazine rings is 1. The molecule has 0 aliphatic carbocycles. The Morgan fingerprint density at radius 3 is 2.30 bits per heavy atom. The van der Waals surface area contributed by atoms with Crippen LogP contribution in [0.2, 0.25) is 5.02 Å². The van der Waals surface area contributed by atoms with Gasteiger partial charge in [0.1, 0.15) is 11.9 Å². The number of pyridine rings is 1.